The minimum Gasteiger partial charge on any atom is -0.477 e. The molecular weight excluding hydrogens is 362 g/mol. The van der Waals surface area contributed by atoms with Crippen LogP contribution in [0.5, 0.6) is 0 Å². The summed E-state index contributed by atoms with van der Waals surface area (Å²) in [6.07, 6.45) is 0. The van der Waals surface area contributed by atoms with Crippen molar-refractivity contribution in [2.24, 2.45) is 0 Å². The second-order valence-corrected chi connectivity index (χ2v) is 6.17. The van der Waals surface area contributed by atoms with E-state index in [4.69, 9.17) is 9.66 Å². The molecular formula is C13H12BrNO5S. The summed E-state index contributed by atoms with van der Waals surface area (Å²) >= 11 is 3.06. The van der Waals surface area contributed by atoms with Crippen LogP contribution in [-0.2, 0) is 10.1 Å². The van der Waals surface area contributed by atoms with Crippen LogP contribution in [0.15, 0.2) is 52.0 Å². The van der Waals surface area contributed by atoms with Crippen LogP contribution in [0.1, 0.15) is 16.1 Å². The summed E-state index contributed by atoms with van der Waals surface area (Å²) in [5.41, 5.74) is 1.01. The Morgan fingerprint density at radius 1 is 1.14 bits per heavy atom. The highest BCUT2D eigenvalue weighted by Crippen LogP contribution is 2.08. The molecule has 2 aromatic rings. The molecule has 1 heterocycles. The van der Waals surface area contributed by atoms with Crippen molar-refractivity contribution >= 4 is 32.0 Å². The quantitative estimate of drug-likeness (QED) is 0.619. The second-order valence-electron chi connectivity index (χ2n) is 3.94. The number of aromatic carboxylic acids is 1. The van der Waals surface area contributed by atoms with Crippen LogP contribution < -0.4 is 0 Å². The molecule has 0 aliphatic carbocycles. The first-order valence-electron chi connectivity index (χ1n) is 5.60. The Hall–Kier alpha value is -1.77. The predicted octanol–water partition coefficient (Wildman–Crippen LogP) is 2.78. The van der Waals surface area contributed by atoms with E-state index in [-0.39, 0.29) is 10.6 Å². The molecule has 2 rings (SSSR count). The third kappa shape index (κ3) is 6.03. The zero-order chi connectivity index (χ0) is 16.0. The molecule has 8 heteroatoms. The van der Waals surface area contributed by atoms with Gasteiger partial charge in [0.25, 0.3) is 10.1 Å². The Kier molecular flexibility index (Phi) is 6.01. The molecule has 0 spiro atoms. The fourth-order valence-corrected chi connectivity index (χ4v) is 2.06. The number of hydrogen-bond donors (Lipinski definition) is 2. The van der Waals surface area contributed by atoms with Crippen LogP contribution in [0.2, 0.25) is 0 Å². The highest BCUT2D eigenvalue weighted by Gasteiger charge is 2.06. The van der Waals surface area contributed by atoms with Crippen molar-refractivity contribution in [2.45, 2.75) is 11.8 Å². The number of halogens is 1. The van der Waals surface area contributed by atoms with Crippen molar-refractivity contribution in [3.8, 4) is 0 Å². The number of pyridine rings is 1. The predicted molar refractivity (Wildman–Crippen MR) is 79.9 cm³/mol. The van der Waals surface area contributed by atoms with Gasteiger partial charge in [0, 0.05) is 0 Å². The van der Waals surface area contributed by atoms with E-state index < -0.39 is 16.1 Å². The molecule has 1 aromatic carbocycles. The molecule has 0 saturated heterocycles. The van der Waals surface area contributed by atoms with E-state index in [9.17, 15) is 13.2 Å². The molecule has 0 bridgehead atoms. The summed E-state index contributed by atoms with van der Waals surface area (Å²) in [4.78, 5) is 13.9. The molecule has 0 aliphatic rings. The lowest BCUT2D eigenvalue weighted by Gasteiger charge is -1.95. The SMILES string of the molecule is Cc1ccc(S(=O)(=O)O)cc1.O=C(O)c1cccc(Br)n1. The number of nitrogens with zero attached hydrogens (tertiary/aromatic N) is 1. The molecule has 0 saturated carbocycles. The average Bonchev–Trinajstić information content (AvgIpc) is 2.39. The number of hydrogen-bond acceptors (Lipinski definition) is 4. The van der Waals surface area contributed by atoms with E-state index in [0.717, 1.165) is 5.56 Å². The van der Waals surface area contributed by atoms with Gasteiger partial charge in [0.15, 0.2) is 0 Å². The summed E-state index contributed by atoms with van der Waals surface area (Å²) in [5.74, 6) is -1.01. The summed E-state index contributed by atoms with van der Waals surface area (Å²) in [6.45, 7) is 1.84. The Morgan fingerprint density at radius 3 is 2.10 bits per heavy atom. The van der Waals surface area contributed by atoms with Crippen molar-refractivity contribution in [2.75, 3.05) is 0 Å². The number of carboxylic acid groups (broad SMARTS) is 1. The van der Waals surface area contributed by atoms with E-state index in [1.165, 1.54) is 18.2 Å². The molecule has 0 fully saturated rings. The monoisotopic (exact) mass is 373 g/mol. The minimum atomic E-state index is -4.02. The summed E-state index contributed by atoms with van der Waals surface area (Å²) in [7, 11) is -4.02. The van der Waals surface area contributed by atoms with Gasteiger partial charge < -0.3 is 5.11 Å². The number of aromatic nitrogens is 1. The van der Waals surface area contributed by atoms with E-state index in [2.05, 4.69) is 20.9 Å². The van der Waals surface area contributed by atoms with Crippen LogP contribution in [0, 0.1) is 6.92 Å². The van der Waals surface area contributed by atoms with Crippen molar-refractivity contribution in [3.05, 3.63) is 58.3 Å². The standard InChI is InChI=1S/C7H8O3S.C6H4BrNO2/c1-6-2-4-7(5-3-6)11(8,9)10;7-5-3-1-2-4(8-5)6(9)10/h2-5H,1H3,(H,8,9,10);1-3H,(H,9,10). The highest BCUT2D eigenvalue weighted by molar-refractivity contribution is 9.10. The molecule has 6 nitrogen and oxygen atoms in total. The first-order valence-corrected chi connectivity index (χ1v) is 7.83. The van der Waals surface area contributed by atoms with Crippen LogP contribution in [0.4, 0.5) is 0 Å². The number of carboxylic acids is 1. The average molecular weight is 374 g/mol. The zero-order valence-electron chi connectivity index (χ0n) is 10.9. The maximum Gasteiger partial charge on any atom is 0.354 e. The van der Waals surface area contributed by atoms with Gasteiger partial charge in [-0.1, -0.05) is 23.8 Å². The molecule has 0 amide bonds. The Bertz CT molecular complexity index is 728. The summed E-state index contributed by atoms with van der Waals surface area (Å²) in [5, 5.41) is 8.43. The van der Waals surface area contributed by atoms with Gasteiger partial charge in [-0.25, -0.2) is 9.78 Å². The van der Waals surface area contributed by atoms with Gasteiger partial charge in [-0.3, -0.25) is 4.55 Å². The van der Waals surface area contributed by atoms with Crippen LogP contribution >= 0.6 is 15.9 Å². The van der Waals surface area contributed by atoms with Gasteiger partial charge in [-0.05, 0) is 47.1 Å². The smallest absolute Gasteiger partial charge is 0.354 e. The van der Waals surface area contributed by atoms with Gasteiger partial charge >= 0.3 is 5.97 Å². The van der Waals surface area contributed by atoms with E-state index >= 15 is 0 Å². The summed E-state index contributed by atoms with van der Waals surface area (Å²) in [6, 6.07) is 10.7. The van der Waals surface area contributed by atoms with Crippen LogP contribution in [0.3, 0.4) is 0 Å². The lowest BCUT2D eigenvalue weighted by Crippen LogP contribution is -1.98. The fourth-order valence-electron chi connectivity index (χ4n) is 1.24. The van der Waals surface area contributed by atoms with E-state index in [0.29, 0.717) is 4.60 Å². The first-order chi connectivity index (χ1) is 9.70. The molecule has 2 N–H and O–H groups in total. The molecule has 0 radical (unpaired) electrons. The van der Waals surface area contributed by atoms with Gasteiger partial charge in [0.05, 0.1) is 4.90 Å². The van der Waals surface area contributed by atoms with Gasteiger partial charge in [-0.15, -0.1) is 0 Å². The molecule has 112 valence electrons. The van der Waals surface area contributed by atoms with E-state index in [1.807, 2.05) is 6.92 Å². The second kappa shape index (κ2) is 7.30. The number of rotatable bonds is 2. The Morgan fingerprint density at radius 2 is 1.71 bits per heavy atom. The van der Waals surface area contributed by atoms with Crippen LogP contribution in [0.25, 0.3) is 0 Å². The van der Waals surface area contributed by atoms with Crippen LogP contribution in [-0.4, -0.2) is 29.0 Å². The van der Waals surface area contributed by atoms with Crippen molar-refractivity contribution in [1.82, 2.24) is 4.98 Å². The maximum atomic E-state index is 10.5. The number of carbonyl (C=O) groups is 1. The molecule has 0 atom stereocenters. The molecule has 0 unspecified atom stereocenters. The molecule has 1 aromatic heterocycles. The van der Waals surface area contributed by atoms with Crippen molar-refractivity contribution in [1.29, 1.82) is 0 Å². The largest absolute Gasteiger partial charge is 0.477 e. The lowest BCUT2D eigenvalue weighted by atomic mass is 10.2. The van der Waals surface area contributed by atoms with Crippen molar-refractivity contribution in [3.63, 3.8) is 0 Å². The van der Waals surface area contributed by atoms with Gasteiger partial charge in [0.2, 0.25) is 0 Å². The molecule has 0 aliphatic heterocycles. The minimum absolute atomic E-state index is 0.0503. The first kappa shape index (κ1) is 17.3. The third-order valence-electron chi connectivity index (χ3n) is 2.25. The Balaban J connectivity index is 0.000000211. The summed E-state index contributed by atoms with van der Waals surface area (Å²) < 4.78 is 30.1. The molecule has 21 heavy (non-hydrogen) atoms. The van der Waals surface area contributed by atoms with E-state index in [1.54, 1.807) is 24.3 Å². The lowest BCUT2D eigenvalue weighted by molar-refractivity contribution is 0.0690. The zero-order valence-corrected chi connectivity index (χ0v) is 13.3. The normalized spacial score (nSPS) is 10.4. The number of benzene rings is 1. The van der Waals surface area contributed by atoms with Gasteiger partial charge in [-0.2, -0.15) is 8.42 Å². The maximum absolute atomic E-state index is 10.5. The number of aryl methyl sites for hydroxylation is 1. The third-order valence-corrected chi connectivity index (χ3v) is 3.56. The van der Waals surface area contributed by atoms with Gasteiger partial charge in [0.1, 0.15) is 10.3 Å². The Labute approximate surface area is 130 Å². The highest BCUT2D eigenvalue weighted by atomic mass is 79.9. The topological polar surface area (TPSA) is 105 Å². The fraction of sp³-hybridized carbons (Fsp3) is 0.0769. The van der Waals surface area contributed by atoms with Crippen molar-refractivity contribution < 1.29 is 22.9 Å².